The maximum absolute atomic E-state index is 11.2. The van der Waals surface area contributed by atoms with Gasteiger partial charge in [-0.15, -0.1) is 0 Å². The van der Waals surface area contributed by atoms with Crippen LogP contribution in [0.1, 0.15) is 12.0 Å². The first kappa shape index (κ1) is 13.8. The van der Waals surface area contributed by atoms with E-state index in [0.717, 1.165) is 31.6 Å². The van der Waals surface area contributed by atoms with Gasteiger partial charge in [-0.25, -0.2) is 0 Å². The van der Waals surface area contributed by atoms with Crippen LogP contribution in [-0.4, -0.2) is 33.7 Å². The Morgan fingerprint density at radius 3 is 2.95 bits per heavy atom. The molecule has 3 rings (SSSR count). The number of hydrogen-bond donors (Lipinski definition) is 1. The minimum atomic E-state index is -0.179. The summed E-state index contributed by atoms with van der Waals surface area (Å²) in [5, 5.41) is 4.21. The molecule has 0 radical (unpaired) electrons. The number of carbonyl (C=O) groups is 1. The van der Waals surface area contributed by atoms with Crippen molar-refractivity contribution in [1.82, 2.24) is 14.7 Å². The van der Waals surface area contributed by atoms with E-state index >= 15 is 0 Å². The van der Waals surface area contributed by atoms with Crippen LogP contribution in [0.4, 0.5) is 0 Å². The largest absolute Gasteiger partial charge is 0.369 e. The Labute approximate surface area is 124 Å². The van der Waals surface area contributed by atoms with Crippen molar-refractivity contribution in [1.29, 1.82) is 0 Å². The second kappa shape index (κ2) is 5.69. The predicted octanol–water partition coefficient (Wildman–Crippen LogP) is 1.39. The van der Waals surface area contributed by atoms with Gasteiger partial charge in [0.1, 0.15) is 0 Å². The molecule has 0 spiro atoms. The van der Waals surface area contributed by atoms with E-state index in [1.165, 1.54) is 11.1 Å². The third-order valence-corrected chi connectivity index (χ3v) is 4.05. The van der Waals surface area contributed by atoms with Crippen molar-refractivity contribution in [3.05, 3.63) is 42.2 Å². The van der Waals surface area contributed by atoms with Gasteiger partial charge in [-0.3, -0.25) is 14.4 Å². The van der Waals surface area contributed by atoms with Gasteiger partial charge in [-0.1, -0.05) is 18.2 Å². The maximum Gasteiger partial charge on any atom is 0.221 e. The molecule has 0 saturated carbocycles. The molecule has 0 aliphatic carbocycles. The summed E-state index contributed by atoms with van der Waals surface area (Å²) in [6.45, 7) is 2.56. The van der Waals surface area contributed by atoms with E-state index in [9.17, 15) is 4.79 Å². The quantitative estimate of drug-likeness (QED) is 0.923. The number of nitrogens with zero attached hydrogens (tertiary/aromatic N) is 3. The van der Waals surface area contributed by atoms with Gasteiger partial charge >= 0.3 is 0 Å². The van der Waals surface area contributed by atoms with Crippen LogP contribution in [0, 0.1) is 5.92 Å². The molecule has 1 aromatic heterocycles. The molecule has 1 atom stereocenters. The summed E-state index contributed by atoms with van der Waals surface area (Å²) in [5.74, 6) is -0.173. The van der Waals surface area contributed by atoms with Gasteiger partial charge in [0.2, 0.25) is 5.91 Å². The molecule has 2 aromatic rings. The second-order valence-corrected chi connectivity index (χ2v) is 5.73. The van der Waals surface area contributed by atoms with E-state index in [0.29, 0.717) is 0 Å². The zero-order valence-corrected chi connectivity index (χ0v) is 12.2. The van der Waals surface area contributed by atoms with E-state index in [1.807, 2.05) is 19.4 Å². The van der Waals surface area contributed by atoms with Crippen LogP contribution in [0.25, 0.3) is 11.1 Å². The van der Waals surface area contributed by atoms with Crippen LogP contribution in [0.3, 0.4) is 0 Å². The van der Waals surface area contributed by atoms with Crippen LogP contribution in [0.5, 0.6) is 0 Å². The Morgan fingerprint density at radius 1 is 1.43 bits per heavy atom. The molecular formula is C16H20N4O. The highest BCUT2D eigenvalue weighted by molar-refractivity contribution is 5.77. The second-order valence-electron chi connectivity index (χ2n) is 5.73. The number of carbonyl (C=O) groups excluding carboxylic acids is 1. The fourth-order valence-corrected chi connectivity index (χ4v) is 2.89. The number of aromatic nitrogens is 2. The fourth-order valence-electron chi connectivity index (χ4n) is 2.89. The molecule has 110 valence electrons. The van der Waals surface area contributed by atoms with Gasteiger partial charge in [-0.05, 0) is 30.2 Å². The Balaban J connectivity index is 1.71. The van der Waals surface area contributed by atoms with Crippen molar-refractivity contribution in [2.24, 2.45) is 18.7 Å². The molecule has 2 N–H and O–H groups in total. The number of amides is 1. The molecule has 1 aliphatic heterocycles. The summed E-state index contributed by atoms with van der Waals surface area (Å²) in [7, 11) is 1.92. The molecule has 2 heterocycles. The zero-order chi connectivity index (χ0) is 14.8. The van der Waals surface area contributed by atoms with E-state index in [4.69, 9.17) is 5.73 Å². The van der Waals surface area contributed by atoms with Crippen LogP contribution >= 0.6 is 0 Å². The molecule has 21 heavy (non-hydrogen) atoms. The van der Waals surface area contributed by atoms with E-state index in [-0.39, 0.29) is 11.8 Å². The molecule has 1 aliphatic rings. The predicted molar refractivity (Wildman–Crippen MR) is 81.2 cm³/mol. The van der Waals surface area contributed by atoms with Crippen molar-refractivity contribution in [3.8, 4) is 11.1 Å². The number of benzene rings is 1. The van der Waals surface area contributed by atoms with Gasteiger partial charge in [-0.2, -0.15) is 5.10 Å². The fraction of sp³-hybridized carbons (Fsp3) is 0.375. The van der Waals surface area contributed by atoms with Gasteiger partial charge in [0, 0.05) is 31.9 Å². The van der Waals surface area contributed by atoms with Crippen molar-refractivity contribution in [2.75, 3.05) is 13.1 Å². The average molecular weight is 284 g/mol. The van der Waals surface area contributed by atoms with Crippen LogP contribution in [-0.2, 0) is 18.4 Å². The lowest BCUT2D eigenvalue weighted by molar-refractivity contribution is -0.121. The Hall–Kier alpha value is -2.14. The van der Waals surface area contributed by atoms with Crippen molar-refractivity contribution in [2.45, 2.75) is 13.0 Å². The van der Waals surface area contributed by atoms with E-state index < -0.39 is 0 Å². The number of primary amides is 1. The minimum absolute atomic E-state index is 0.00602. The van der Waals surface area contributed by atoms with Crippen molar-refractivity contribution >= 4 is 5.91 Å². The lowest BCUT2D eigenvalue weighted by Gasteiger charge is -2.15. The van der Waals surface area contributed by atoms with Crippen LogP contribution in [0.2, 0.25) is 0 Å². The lowest BCUT2D eigenvalue weighted by Crippen LogP contribution is -2.27. The maximum atomic E-state index is 11.2. The molecule has 0 bridgehead atoms. The lowest BCUT2D eigenvalue weighted by atomic mass is 10.1. The summed E-state index contributed by atoms with van der Waals surface area (Å²) in [5.41, 5.74) is 8.93. The van der Waals surface area contributed by atoms with Gasteiger partial charge in [0.05, 0.1) is 12.1 Å². The first-order valence-electron chi connectivity index (χ1n) is 7.21. The zero-order valence-electron chi connectivity index (χ0n) is 12.2. The van der Waals surface area contributed by atoms with Crippen LogP contribution in [0.15, 0.2) is 36.7 Å². The summed E-state index contributed by atoms with van der Waals surface area (Å²) in [4.78, 5) is 13.5. The van der Waals surface area contributed by atoms with Crippen molar-refractivity contribution < 1.29 is 4.79 Å². The Morgan fingerprint density at radius 2 is 2.29 bits per heavy atom. The highest BCUT2D eigenvalue weighted by atomic mass is 16.1. The van der Waals surface area contributed by atoms with Gasteiger partial charge in [0.15, 0.2) is 0 Å². The highest BCUT2D eigenvalue weighted by Gasteiger charge is 2.26. The summed E-state index contributed by atoms with van der Waals surface area (Å²) in [6.07, 6.45) is 4.76. The summed E-state index contributed by atoms with van der Waals surface area (Å²) in [6, 6.07) is 8.47. The standard InChI is InChI=1S/C16H20N4O/c1-19-10-15(8-18-19)13-4-2-3-12(7-13)9-20-6-5-14(11-20)16(17)21/h2-4,7-8,10,14H,5-6,9,11H2,1H3,(H2,17,21). The summed E-state index contributed by atoms with van der Waals surface area (Å²) < 4.78 is 1.81. The van der Waals surface area contributed by atoms with Crippen molar-refractivity contribution in [3.63, 3.8) is 0 Å². The normalized spacial score (nSPS) is 19.0. The first-order chi connectivity index (χ1) is 10.1. The minimum Gasteiger partial charge on any atom is -0.369 e. The highest BCUT2D eigenvalue weighted by Crippen LogP contribution is 2.22. The molecular weight excluding hydrogens is 264 g/mol. The molecule has 5 heteroatoms. The number of hydrogen-bond acceptors (Lipinski definition) is 3. The topological polar surface area (TPSA) is 64.2 Å². The smallest absolute Gasteiger partial charge is 0.221 e. The Kier molecular flexibility index (Phi) is 3.75. The SMILES string of the molecule is Cn1cc(-c2cccc(CN3CCC(C(N)=O)C3)c2)cn1. The molecule has 1 amide bonds. The third-order valence-electron chi connectivity index (χ3n) is 4.05. The number of aryl methyl sites for hydroxylation is 1. The molecule has 5 nitrogen and oxygen atoms in total. The van der Waals surface area contributed by atoms with E-state index in [2.05, 4.69) is 34.3 Å². The first-order valence-corrected chi connectivity index (χ1v) is 7.21. The molecule has 1 saturated heterocycles. The molecule has 1 aromatic carbocycles. The van der Waals surface area contributed by atoms with Crippen LogP contribution < -0.4 is 5.73 Å². The Bertz CT molecular complexity index is 649. The summed E-state index contributed by atoms with van der Waals surface area (Å²) >= 11 is 0. The molecule has 1 fully saturated rings. The molecule has 1 unspecified atom stereocenters. The van der Waals surface area contributed by atoms with Gasteiger partial charge in [0.25, 0.3) is 0 Å². The number of nitrogens with two attached hydrogens (primary N) is 1. The monoisotopic (exact) mass is 284 g/mol. The number of rotatable bonds is 4. The van der Waals surface area contributed by atoms with Gasteiger partial charge < -0.3 is 5.73 Å². The third kappa shape index (κ3) is 3.13. The van der Waals surface area contributed by atoms with E-state index in [1.54, 1.807) is 4.68 Å². The number of likely N-dealkylation sites (tertiary alicyclic amines) is 1. The average Bonchev–Trinajstić information content (AvgIpc) is 3.08.